The highest BCUT2D eigenvalue weighted by atomic mass is 19.2. The summed E-state index contributed by atoms with van der Waals surface area (Å²) in [6.45, 7) is 5.24. The first-order chi connectivity index (χ1) is 20.4. The van der Waals surface area contributed by atoms with Gasteiger partial charge in [0.25, 0.3) is 0 Å². The Balaban J connectivity index is 1.10. The third-order valence-corrected chi connectivity index (χ3v) is 10.2. The van der Waals surface area contributed by atoms with E-state index in [1.54, 1.807) is 6.92 Å². The first-order valence-electron chi connectivity index (χ1n) is 16.2. The van der Waals surface area contributed by atoms with Crippen LogP contribution in [-0.2, 0) is 4.74 Å². The van der Waals surface area contributed by atoms with Gasteiger partial charge in [0.05, 0.1) is 19.3 Å². The number of rotatable bonds is 11. The summed E-state index contributed by atoms with van der Waals surface area (Å²) < 4.78 is 75.7. The lowest BCUT2D eigenvalue weighted by atomic mass is 9.62. The maximum atomic E-state index is 15.0. The van der Waals surface area contributed by atoms with Gasteiger partial charge < -0.3 is 14.2 Å². The fraction of sp³-hybridized carbons (Fsp3) is 0.657. The maximum Gasteiger partial charge on any atom is 0.201 e. The summed E-state index contributed by atoms with van der Waals surface area (Å²) in [6.07, 6.45) is 15.0. The molecule has 2 aromatic rings. The van der Waals surface area contributed by atoms with E-state index in [1.165, 1.54) is 69.2 Å². The van der Waals surface area contributed by atoms with Gasteiger partial charge in [-0.3, -0.25) is 0 Å². The van der Waals surface area contributed by atoms with E-state index in [9.17, 15) is 17.6 Å². The summed E-state index contributed by atoms with van der Waals surface area (Å²) in [5.74, 6) is -1.87. The number of benzene rings is 2. The lowest BCUT2D eigenvalue weighted by molar-refractivity contribution is -0.0266. The van der Waals surface area contributed by atoms with Crippen molar-refractivity contribution in [2.45, 2.75) is 97.0 Å². The van der Waals surface area contributed by atoms with Crippen LogP contribution in [0.2, 0.25) is 0 Å². The molecule has 2 aromatic carbocycles. The fourth-order valence-corrected chi connectivity index (χ4v) is 7.75. The van der Waals surface area contributed by atoms with Gasteiger partial charge in [0.2, 0.25) is 11.6 Å². The summed E-state index contributed by atoms with van der Waals surface area (Å²) >= 11 is 0. The van der Waals surface area contributed by atoms with E-state index in [1.807, 2.05) is 0 Å². The second-order valence-electron chi connectivity index (χ2n) is 12.8. The molecule has 3 aliphatic rings. The molecule has 0 N–H and O–H groups in total. The molecule has 0 aromatic heterocycles. The zero-order valence-electron chi connectivity index (χ0n) is 25.1. The van der Waals surface area contributed by atoms with Crippen molar-refractivity contribution in [3.8, 4) is 22.6 Å². The molecule has 0 bridgehead atoms. The molecule has 3 aliphatic carbocycles. The van der Waals surface area contributed by atoms with E-state index in [4.69, 9.17) is 14.2 Å². The molecule has 232 valence electrons. The van der Waals surface area contributed by atoms with Crippen LogP contribution in [0.25, 0.3) is 11.1 Å². The van der Waals surface area contributed by atoms with Crippen LogP contribution in [0.1, 0.15) is 90.9 Å². The summed E-state index contributed by atoms with van der Waals surface area (Å²) in [4.78, 5) is 0. The van der Waals surface area contributed by atoms with Gasteiger partial charge in [0.15, 0.2) is 23.1 Å². The second kappa shape index (κ2) is 14.5. The maximum absolute atomic E-state index is 15.0. The number of unbranched alkanes of at least 4 members (excludes halogenated alkanes) is 1. The molecule has 7 heteroatoms. The van der Waals surface area contributed by atoms with E-state index >= 15 is 0 Å². The molecule has 4 unspecified atom stereocenters. The van der Waals surface area contributed by atoms with Crippen LogP contribution in [0.4, 0.5) is 17.6 Å². The zero-order valence-corrected chi connectivity index (χ0v) is 25.1. The molecule has 0 amide bonds. The molecule has 3 nitrogen and oxygen atoms in total. The predicted octanol–water partition coefficient (Wildman–Crippen LogP) is 9.90. The average Bonchev–Trinajstić information content (AvgIpc) is 3.01. The molecule has 0 radical (unpaired) electrons. The van der Waals surface area contributed by atoms with Crippen LogP contribution in [-0.4, -0.2) is 25.9 Å². The van der Waals surface area contributed by atoms with Gasteiger partial charge in [-0.05, 0) is 131 Å². The summed E-state index contributed by atoms with van der Waals surface area (Å²) in [5.41, 5.74) is -0.716. The predicted molar refractivity (Wildman–Crippen MR) is 157 cm³/mol. The SMILES string of the molecule is CCCCOC1CCC2CC(C3CCC(COc4ccc(-c5ccc(OCC)c(F)c5F)c(F)c4F)CC3)CCC2C1. The minimum absolute atomic E-state index is 0.156. The summed E-state index contributed by atoms with van der Waals surface area (Å²) in [6, 6.07) is 4.95. The smallest absolute Gasteiger partial charge is 0.201 e. The normalized spacial score (nSPS) is 27.9. The van der Waals surface area contributed by atoms with Crippen molar-refractivity contribution < 1.29 is 31.8 Å². The fourth-order valence-electron chi connectivity index (χ4n) is 7.75. The van der Waals surface area contributed by atoms with Crippen LogP contribution in [0.15, 0.2) is 24.3 Å². The summed E-state index contributed by atoms with van der Waals surface area (Å²) in [7, 11) is 0. The van der Waals surface area contributed by atoms with Gasteiger partial charge in [-0.15, -0.1) is 0 Å². The van der Waals surface area contributed by atoms with E-state index < -0.39 is 23.3 Å². The van der Waals surface area contributed by atoms with E-state index in [0.29, 0.717) is 18.6 Å². The monoisotopic (exact) mass is 590 g/mol. The van der Waals surface area contributed by atoms with Gasteiger partial charge in [0.1, 0.15) is 0 Å². The Kier molecular flexibility index (Phi) is 10.7. The van der Waals surface area contributed by atoms with Crippen molar-refractivity contribution in [3.05, 3.63) is 47.5 Å². The van der Waals surface area contributed by atoms with Crippen LogP contribution >= 0.6 is 0 Å². The number of fused-ring (bicyclic) bond motifs is 1. The van der Waals surface area contributed by atoms with E-state index in [-0.39, 0.29) is 29.2 Å². The molecular formula is C35H46F4O3. The van der Waals surface area contributed by atoms with Crippen molar-refractivity contribution in [2.75, 3.05) is 19.8 Å². The topological polar surface area (TPSA) is 27.7 Å². The Morgan fingerprint density at radius 1 is 0.619 bits per heavy atom. The molecule has 0 spiro atoms. The largest absolute Gasteiger partial charge is 0.491 e. The van der Waals surface area contributed by atoms with E-state index in [0.717, 1.165) is 62.4 Å². The van der Waals surface area contributed by atoms with Gasteiger partial charge in [-0.25, -0.2) is 8.78 Å². The number of hydrogen-bond acceptors (Lipinski definition) is 3. The van der Waals surface area contributed by atoms with E-state index in [2.05, 4.69) is 6.92 Å². The Labute approximate surface area is 248 Å². The molecule has 0 aliphatic heterocycles. The second-order valence-corrected chi connectivity index (χ2v) is 12.8. The summed E-state index contributed by atoms with van der Waals surface area (Å²) in [5, 5.41) is 0. The Morgan fingerprint density at radius 3 is 1.79 bits per heavy atom. The van der Waals surface area contributed by atoms with Crippen LogP contribution in [0.5, 0.6) is 11.5 Å². The zero-order chi connectivity index (χ0) is 29.6. The molecular weight excluding hydrogens is 544 g/mol. The van der Waals surface area contributed by atoms with Crippen molar-refractivity contribution in [3.63, 3.8) is 0 Å². The van der Waals surface area contributed by atoms with Gasteiger partial charge >= 0.3 is 0 Å². The first-order valence-corrected chi connectivity index (χ1v) is 16.2. The lowest BCUT2D eigenvalue weighted by Crippen LogP contribution is -2.37. The molecule has 0 saturated heterocycles. The average molecular weight is 591 g/mol. The third-order valence-electron chi connectivity index (χ3n) is 10.2. The minimum atomic E-state index is -1.28. The van der Waals surface area contributed by atoms with Gasteiger partial charge in [-0.1, -0.05) is 13.3 Å². The molecule has 0 heterocycles. The lowest BCUT2D eigenvalue weighted by Gasteiger charge is -2.45. The molecule has 3 saturated carbocycles. The molecule has 42 heavy (non-hydrogen) atoms. The van der Waals surface area contributed by atoms with Crippen molar-refractivity contribution in [1.82, 2.24) is 0 Å². The third kappa shape index (κ3) is 7.09. The van der Waals surface area contributed by atoms with Crippen molar-refractivity contribution in [2.24, 2.45) is 29.6 Å². The standard InChI is InChI=1S/C35H46F4O3/c1-3-5-18-41-27-13-12-25-19-24(10-11-26(25)20-27)23-8-6-22(7-9-23)21-42-31-17-15-29(33(37)35(31)39)28-14-16-30(40-4-2)34(38)32(28)36/h14-17,22-27H,3-13,18-21H2,1-2H3. The van der Waals surface area contributed by atoms with Crippen LogP contribution in [0, 0.1) is 52.9 Å². The number of halogens is 4. The quantitative estimate of drug-likeness (QED) is 0.193. The molecule has 4 atom stereocenters. The highest BCUT2D eigenvalue weighted by Crippen LogP contribution is 2.48. The van der Waals surface area contributed by atoms with Gasteiger partial charge in [-0.2, -0.15) is 8.78 Å². The Morgan fingerprint density at radius 2 is 1.17 bits per heavy atom. The highest BCUT2D eigenvalue weighted by Gasteiger charge is 2.39. The number of ether oxygens (including phenoxy) is 3. The molecule has 5 rings (SSSR count). The first kappa shape index (κ1) is 31.2. The van der Waals surface area contributed by atoms with Gasteiger partial charge in [0, 0.05) is 17.7 Å². The highest BCUT2D eigenvalue weighted by molar-refractivity contribution is 5.67. The Hall–Kier alpha value is -2.28. The van der Waals surface area contributed by atoms with Crippen LogP contribution < -0.4 is 9.47 Å². The molecule has 3 fully saturated rings. The number of hydrogen-bond donors (Lipinski definition) is 0. The Bertz CT molecular complexity index is 1180. The van der Waals surface area contributed by atoms with Crippen LogP contribution in [0.3, 0.4) is 0 Å². The van der Waals surface area contributed by atoms with Crippen molar-refractivity contribution in [1.29, 1.82) is 0 Å². The van der Waals surface area contributed by atoms with Crippen molar-refractivity contribution >= 4 is 0 Å². The minimum Gasteiger partial charge on any atom is -0.491 e.